The first-order valence-electron chi connectivity index (χ1n) is 9.18. The molecule has 1 N–H and O–H groups in total. The lowest BCUT2D eigenvalue weighted by Gasteiger charge is -2.22. The maximum absolute atomic E-state index is 13.0. The van der Waals surface area contributed by atoms with Crippen molar-refractivity contribution in [3.63, 3.8) is 0 Å². The van der Waals surface area contributed by atoms with E-state index < -0.39 is 0 Å². The summed E-state index contributed by atoms with van der Waals surface area (Å²) in [6, 6.07) is 8.14. The minimum absolute atomic E-state index is 0.0453. The molecule has 2 aliphatic heterocycles. The van der Waals surface area contributed by atoms with Crippen molar-refractivity contribution in [3.8, 4) is 11.9 Å². The van der Waals surface area contributed by atoms with E-state index >= 15 is 0 Å². The van der Waals surface area contributed by atoms with Crippen molar-refractivity contribution >= 4 is 5.91 Å². The Labute approximate surface area is 161 Å². The number of hydrogen-bond donors (Lipinski definition) is 1. The molecule has 2 aliphatic rings. The summed E-state index contributed by atoms with van der Waals surface area (Å²) in [6.07, 6.45) is 7.69. The van der Waals surface area contributed by atoms with Gasteiger partial charge >= 0.3 is 0 Å². The lowest BCUT2D eigenvalue weighted by molar-refractivity contribution is 0.0710. The molecule has 0 aromatic carbocycles. The zero-order valence-corrected chi connectivity index (χ0v) is 15.1. The smallest absolute Gasteiger partial charge is 0.273 e. The summed E-state index contributed by atoms with van der Waals surface area (Å²) < 4.78 is 3.43. The van der Waals surface area contributed by atoms with Crippen molar-refractivity contribution in [2.24, 2.45) is 0 Å². The molecule has 1 amide bonds. The fourth-order valence-electron chi connectivity index (χ4n) is 3.92. The molecule has 0 unspecified atom stereocenters. The van der Waals surface area contributed by atoms with Crippen LogP contribution >= 0.6 is 0 Å². The van der Waals surface area contributed by atoms with Gasteiger partial charge in [0.15, 0.2) is 5.82 Å². The van der Waals surface area contributed by atoms with Crippen LogP contribution in [0.4, 0.5) is 0 Å². The Balaban J connectivity index is 1.32. The minimum atomic E-state index is -0.0453. The highest BCUT2D eigenvalue weighted by Gasteiger charge is 2.38. The molecule has 5 rings (SSSR count). The topological polar surface area (TPSA) is 105 Å². The van der Waals surface area contributed by atoms with E-state index in [4.69, 9.17) is 5.26 Å². The van der Waals surface area contributed by atoms with Gasteiger partial charge in [-0.15, -0.1) is 0 Å². The third-order valence-corrected chi connectivity index (χ3v) is 5.32. The SMILES string of the molecule is N#Cc1cnn(-c2ccc3c(n2)C(=O)N([C@H]2CN[C@H](Cn4cccn4)C2)C3)c1. The number of nitrogens with one attached hydrogen (secondary N) is 1. The summed E-state index contributed by atoms with van der Waals surface area (Å²) >= 11 is 0. The predicted molar refractivity (Wildman–Crippen MR) is 98.4 cm³/mol. The molecule has 9 heteroatoms. The van der Waals surface area contributed by atoms with E-state index in [1.807, 2.05) is 40.0 Å². The summed E-state index contributed by atoms with van der Waals surface area (Å²) in [7, 11) is 0. The second-order valence-electron chi connectivity index (χ2n) is 7.12. The van der Waals surface area contributed by atoms with E-state index in [9.17, 15) is 4.79 Å². The third kappa shape index (κ3) is 2.84. The van der Waals surface area contributed by atoms with Gasteiger partial charge in [0.25, 0.3) is 5.91 Å². The normalized spacial score (nSPS) is 21.1. The Morgan fingerprint density at radius 3 is 3.04 bits per heavy atom. The van der Waals surface area contributed by atoms with Gasteiger partial charge in [-0.3, -0.25) is 9.48 Å². The first-order chi connectivity index (χ1) is 13.7. The first kappa shape index (κ1) is 16.6. The molecule has 9 nitrogen and oxygen atoms in total. The van der Waals surface area contributed by atoms with Crippen molar-refractivity contribution in [2.45, 2.75) is 31.6 Å². The maximum Gasteiger partial charge on any atom is 0.273 e. The van der Waals surface area contributed by atoms with Crippen LogP contribution in [-0.2, 0) is 13.1 Å². The fourth-order valence-corrected chi connectivity index (χ4v) is 3.92. The van der Waals surface area contributed by atoms with Crippen molar-refractivity contribution in [2.75, 3.05) is 6.54 Å². The van der Waals surface area contributed by atoms with Crippen molar-refractivity contribution in [1.29, 1.82) is 5.26 Å². The lowest BCUT2D eigenvalue weighted by atomic mass is 10.1. The van der Waals surface area contributed by atoms with Gasteiger partial charge in [-0.1, -0.05) is 6.07 Å². The molecule has 0 bridgehead atoms. The number of fused-ring (bicyclic) bond motifs is 1. The van der Waals surface area contributed by atoms with E-state index in [1.165, 1.54) is 10.9 Å². The molecule has 2 atom stereocenters. The summed E-state index contributed by atoms with van der Waals surface area (Å²) in [4.78, 5) is 19.4. The number of amides is 1. The summed E-state index contributed by atoms with van der Waals surface area (Å²) in [5.74, 6) is 0.493. The van der Waals surface area contributed by atoms with Crippen molar-refractivity contribution < 1.29 is 4.79 Å². The highest BCUT2D eigenvalue weighted by molar-refractivity contribution is 5.96. The Morgan fingerprint density at radius 1 is 1.32 bits per heavy atom. The van der Waals surface area contributed by atoms with Crippen LogP contribution in [0.25, 0.3) is 5.82 Å². The van der Waals surface area contributed by atoms with Gasteiger partial charge in [-0.05, 0) is 18.6 Å². The second kappa shape index (κ2) is 6.58. The molecule has 0 aliphatic carbocycles. The Bertz CT molecular complexity index is 1060. The number of carbonyl (C=O) groups excluding carboxylic acids is 1. The van der Waals surface area contributed by atoms with E-state index in [-0.39, 0.29) is 11.9 Å². The average molecular weight is 374 g/mol. The van der Waals surface area contributed by atoms with Crippen LogP contribution in [0.2, 0.25) is 0 Å². The predicted octanol–water partition coefficient (Wildman–Crippen LogP) is 0.722. The molecule has 140 valence electrons. The summed E-state index contributed by atoms with van der Waals surface area (Å²) in [5.41, 5.74) is 1.86. The second-order valence-corrected chi connectivity index (χ2v) is 7.12. The maximum atomic E-state index is 13.0. The van der Waals surface area contributed by atoms with Crippen LogP contribution in [0, 0.1) is 11.3 Å². The van der Waals surface area contributed by atoms with Gasteiger partial charge in [-0.25, -0.2) is 9.67 Å². The van der Waals surface area contributed by atoms with Gasteiger partial charge < -0.3 is 10.2 Å². The Kier molecular flexibility index (Phi) is 3.91. The molecular formula is C19H18N8O. The third-order valence-electron chi connectivity index (χ3n) is 5.32. The van der Waals surface area contributed by atoms with Crippen LogP contribution in [0.5, 0.6) is 0 Å². The van der Waals surface area contributed by atoms with E-state index in [1.54, 1.807) is 12.4 Å². The van der Waals surface area contributed by atoms with E-state index in [2.05, 4.69) is 20.5 Å². The number of carbonyl (C=O) groups is 1. The molecular weight excluding hydrogens is 356 g/mol. The van der Waals surface area contributed by atoms with E-state index in [0.29, 0.717) is 29.7 Å². The monoisotopic (exact) mass is 374 g/mol. The number of aromatic nitrogens is 5. The molecule has 1 saturated heterocycles. The number of pyridine rings is 1. The van der Waals surface area contributed by atoms with Crippen LogP contribution in [0.15, 0.2) is 43.0 Å². The molecule has 0 saturated carbocycles. The molecule has 3 aromatic heterocycles. The van der Waals surface area contributed by atoms with Gasteiger partial charge in [0.1, 0.15) is 11.8 Å². The fraction of sp³-hybridized carbons (Fsp3) is 0.316. The number of hydrogen-bond acceptors (Lipinski definition) is 6. The Hall–Kier alpha value is -3.51. The van der Waals surface area contributed by atoms with Crippen LogP contribution in [0.3, 0.4) is 0 Å². The van der Waals surface area contributed by atoms with Crippen molar-refractivity contribution in [3.05, 3.63) is 59.8 Å². The standard InChI is InChI=1S/C19H18N8O/c20-7-13-8-23-27(10-13)17-3-2-14-11-26(19(28)18(14)24-17)16-6-15(21-9-16)12-25-5-1-4-22-25/h1-5,8,10,15-16,21H,6,9,11-12H2/t15-,16+/m0/s1. The first-order valence-corrected chi connectivity index (χ1v) is 9.18. The van der Waals surface area contributed by atoms with Gasteiger partial charge in [-0.2, -0.15) is 15.5 Å². The van der Waals surface area contributed by atoms with Crippen LogP contribution in [-0.4, -0.2) is 54.0 Å². The highest BCUT2D eigenvalue weighted by atomic mass is 16.2. The zero-order chi connectivity index (χ0) is 19.1. The highest BCUT2D eigenvalue weighted by Crippen LogP contribution is 2.27. The largest absolute Gasteiger partial charge is 0.329 e. The average Bonchev–Trinajstić information content (AvgIpc) is 3.49. The Morgan fingerprint density at radius 2 is 2.25 bits per heavy atom. The summed E-state index contributed by atoms with van der Waals surface area (Å²) in [5, 5.41) is 20.8. The molecule has 1 fully saturated rings. The zero-order valence-electron chi connectivity index (χ0n) is 15.1. The van der Waals surface area contributed by atoms with Crippen molar-refractivity contribution in [1.82, 2.24) is 34.8 Å². The lowest BCUT2D eigenvalue weighted by Crippen LogP contribution is -2.37. The quantitative estimate of drug-likeness (QED) is 0.722. The minimum Gasteiger partial charge on any atom is -0.329 e. The van der Waals surface area contributed by atoms with E-state index in [0.717, 1.165) is 25.1 Å². The van der Waals surface area contributed by atoms with Crippen LogP contribution in [0.1, 0.15) is 28.0 Å². The number of rotatable bonds is 4. The molecule has 0 spiro atoms. The molecule has 3 aromatic rings. The number of nitrogens with zero attached hydrogens (tertiary/aromatic N) is 7. The molecule has 28 heavy (non-hydrogen) atoms. The molecule has 0 radical (unpaired) electrons. The van der Waals surface area contributed by atoms with Crippen LogP contribution < -0.4 is 5.32 Å². The van der Waals surface area contributed by atoms with Gasteiger partial charge in [0.2, 0.25) is 0 Å². The summed E-state index contributed by atoms with van der Waals surface area (Å²) in [6.45, 7) is 2.13. The van der Waals surface area contributed by atoms with Gasteiger partial charge in [0, 0.05) is 43.1 Å². The van der Waals surface area contributed by atoms with Gasteiger partial charge in [0.05, 0.1) is 24.5 Å². The molecule has 5 heterocycles. The number of nitriles is 1.